The molecule has 0 spiro atoms. The molecule has 3 heterocycles. The lowest BCUT2D eigenvalue weighted by Crippen LogP contribution is -2.35. The molecule has 6 rings (SSSR count). The van der Waals surface area contributed by atoms with Crippen LogP contribution in [0.2, 0.25) is 0 Å². The van der Waals surface area contributed by atoms with Crippen LogP contribution in [-0.4, -0.2) is 35.5 Å². The van der Waals surface area contributed by atoms with Crippen molar-refractivity contribution < 1.29 is 13.9 Å². The summed E-state index contributed by atoms with van der Waals surface area (Å²) in [6.07, 6.45) is 8.77. The molecule has 1 saturated heterocycles. The summed E-state index contributed by atoms with van der Waals surface area (Å²) in [4.78, 5) is 19.3. The predicted molar refractivity (Wildman–Crippen MR) is 142 cm³/mol. The van der Waals surface area contributed by atoms with E-state index in [4.69, 9.17) is 9.15 Å². The van der Waals surface area contributed by atoms with E-state index in [1.165, 1.54) is 25.7 Å². The number of rotatable bonds is 6. The number of pyridine rings is 1. The third-order valence-corrected chi connectivity index (χ3v) is 7.58. The summed E-state index contributed by atoms with van der Waals surface area (Å²) < 4.78 is 12.2. The molecule has 0 radical (unpaired) electrons. The van der Waals surface area contributed by atoms with Crippen molar-refractivity contribution >= 4 is 17.0 Å². The first-order valence-electron chi connectivity index (χ1n) is 13.2. The van der Waals surface area contributed by atoms with E-state index < -0.39 is 0 Å². The fourth-order valence-corrected chi connectivity index (χ4v) is 5.14. The molecule has 186 valence electrons. The van der Waals surface area contributed by atoms with Crippen molar-refractivity contribution in [2.45, 2.75) is 38.5 Å². The van der Waals surface area contributed by atoms with Crippen molar-refractivity contribution in [3.8, 4) is 34.3 Å². The zero-order chi connectivity index (χ0) is 25.2. The van der Waals surface area contributed by atoms with Gasteiger partial charge in [-0.1, -0.05) is 24.6 Å². The molecule has 0 bridgehead atoms. The van der Waals surface area contributed by atoms with Crippen LogP contribution in [0.1, 0.15) is 54.4 Å². The molecule has 2 aromatic carbocycles. The molecule has 2 aromatic heterocycles. The highest BCUT2D eigenvalue weighted by atomic mass is 16.5. The molecule has 6 nitrogen and oxygen atoms in total. The van der Waals surface area contributed by atoms with Crippen molar-refractivity contribution in [3.63, 3.8) is 0 Å². The Hall–Kier alpha value is -4.11. The SMILES string of the molecule is N#Cc1cc(-c2ccnc3cc(-c4ccc(C(=O)N5CCCCC5)cc4)oc23)ccc1OCC1CCC1. The fourth-order valence-electron chi connectivity index (χ4n) is 5.14. The summed E-state index contributed by atoms with van der Waals surface area (Å²) in [7, 11) is 0. The highest BCUT2D eigenvalue weighted by Crippen LogP contribution is 2.36. The number of hydrogen-bond acceptors (Lipinski definition) is 5. The van der Waals surface area contributed by atoms with Crippen molar-refractivity contribution in [1.82, 2.24) is 9.88 Å². The number of fused-ring (bicyclic) bond motifs is 1. The van der Waals surface area contributed by atoms with Gasteiger partial charge in [-0.05, 0) is 73.9 Å². The Kier molecular flexibility index (Phi) is 6.36. The normalized spacial score (nSPS) is 15.8. The lowest BCUT2D eigenvalue weighted by Gasteiger charge is -2.26. The number of hydrogen-bond donors (Lipinski definition) is 0. The molecule has 2 fully saturated rings. The first kappa shape index (κ1) is 23.3. The summed E-state index contributed by atoms with van der Waals surface area (Å²) >= 11 is 0. The van der Waals surface area contributed by atoms with Crippen molar-refractivity contribution in [2.24, 2.45) is 5.92 Å². The van der Waals surface area contributed by atoms with E-state index in [1.807, 2.05) is 59.5 Å². The maximum Gasteiger partial charge on any atom is 0.253 e. The Morgan fingerprint density at radius 3 is 2.51 bits per heavy atom. The monoisotopic (exact) mass is 491 g/mol. The van der Waals surface area contributed by atoms with E-state index >= 15 is 0 Å². The fraction of sp³-hybridized carbons (Fsp3) is 0.323. The second-order valence-corrected chi connectivity index (χ2v) is 10.0. The quantitative estimate of drug-likeness (QED) is 0.295. The highest BCUT2D eigenvalue weighted by molar-refractivity contribution is 5.95. The molecule has 0 atom stereocenters. The van der Waals surface area contributed by atoms with Gasteiger partial charge >= 0.3 is 0 Å². The van der Waals surface area contributed by atoms with E-state index in [9.17, 15) is 10.1 Å². The lowest BCUT2D eigenvalue weighted by molar-refractivity contribution is 0.0724. The molecule has 0 N–H and O–H groups in total. The van der Waals surface area contributed by atoms with Gasteiger partial charge in [0.15, 0.2) is 5.58 Å². The smallest absolute Gasteiger partial charge is 0.253 e. The molecule has 0 unspecified atom stereocenters. The summed E-state index contributed by atoms with van der Waals surface area (Å²) in [5.74, 6) is 2.01. The number of nitriles is 1. The molecule has 1 aliphatic carbocycles. The molecule has 37 heavy (non-hydrogen) atoms. The van der Waals surface area contributed by atoms with Crippen molar-refractivity contribution in [3.05, 3.63) is 71.9 Å². The maximum atomic E-state index is 12.8. The summed E-state index contributed by atoms with van der Waals surface area (Å²) in [5, 5.41) is 9.74. The number of amides is 1. The topological polar surface area (TPSA) is 79.4 Å². The van der Waals surface area contributed by atoms with Crippen LogP contribution >= 0.6 is 0 Å². The second kappa shape index (κ2) is 10.1. The number of benzene rings is 2. The van der Waals surface area contributed by atoms with Crippen LogP contribution in [0.3, 0.4) is 0 Å². The van der Waals surface area contributed by atoms with Crippen LogP contribution in [0.5, 0.6) is 5.75 Å². The van der Waals surface area contributed by atoms with Gasteiger partial charge in [-0.15, -0.1) is 0 Å². The zero-order valence-electron chi connectivity index (χ0n) is 20.8. The summed E-state index contributed by atoms with van der Waals surface area (Å²) in [5.41, 5.74) is 5.25. The number of carbonyl (C=O) groups excluding carboxylic acids is 1. The van der Waals surface area contributed by atoms with Crippen LogP contribution in [-0.2, 0) is 0 Å². The van der Waals surface area contributed by atoms with Gasteiger partial charge in [0.1, 0.15) is 23.1 Å². The molecule has 1 saturated carbocycles. The third kappa shape index (κ3) is 4.70. The van der Waals surface area contributed by atoms with Crippen LogP contribution in [0.25, 0.3) is 33.6 Å². The number of aromatic nitrogens is 1. The largest absolute Gasteiger partial charge is 0.492 e. The van der Waals surface area contributed by atoms with E-state index in [1.54, 1.807) is 6.20 Å². The number of carbonyl (C=O) groups is 1. The van der Waals surface area contributed by atoms with E-state index in [-0.39, 0.29) is 5.91 Å². The number of furan rings is 1. The predicted octanol–water partition coefficient (Wildman–Crippen LogP) is 6.84. The molecule has 2 aliphatic rings. The van der Waals surface area contributed by atoms with Gasteiger partial charge in [0, 0.05) is 42.0 Å². The first-order valence-corrected chi connectivity index (χ1v) is 13.2. The van der Waals surface area contributed by atoms with Gasteiger partial charge in [0.05, 0.1) is 12.2 Å². The van der Waals surface area contributed by atoms with Gasteiger partial charge < -0.3 is 14.1 Å². The summed E-state index contributed by atoms with van der Waals surface area (Å²) in [6, 6.07) is 19.4. The van der Waals surface area contributed by atoms with Gasteiger partial charge in [-0.25, -0.2) is 0 Å². The van der Waals surface area contributed by atoms with Crippen molar-refractivity contribution in [1.29, 1.82) is 5.26 Å². The van der Waals surface area contributed by atoms with Crippen LogP contribution in [0.15, 0.2) is 65.2 Å². The van der Waals surface area contributed by atoms with Gasteiger partial charge in [-0.3, -0.25) is 9.78 Å². The van der Waals surface area contributed by atoms with Gasteiger partial charge in [0.25, 0.3) is 5.91 Å². The average molecular weight is 492 g/mol. The number of ether oxygens (including phenoxy) is 1. The maximum absolute atomic E-state index is 12.8. The number of nitrogens with zero attached hydrogens (tertiary/aromatic N) is 3. The Bertz CT molecular complexity index is 1470. The average Bonchev–Trinajstić information content (AvgIpc) is 3.37. The molecule has 1 amide bonds. The Balaban J connectivity index is 1.26. The number of piperidine rings is 1. The number of likely N-dealkylation sites (tertiary alicyclic amines) is 1. The van der Waals surface area contributed by atoms with Crippen LogP contribution < -0.4 is 4.74 Å². The molecule has 1 aliphatic heterocycles. The highest BCUT2D eigenvalue weighted by Gasteiger charge is 2.20. The molecule has 6 heteroatoms. The molecule has 4 aromatic rings. The van der Waals surface area contributed by atoms with Gasteiger partial charge in [0.2, 0.25) is 0 Å². The minimum atomic E-state index is 0.0909. The zero-order valence-corrected chi connectivity index (χ0v) is 20.8. The Morgan fingerprint density at radius 2 is 1.78 bits per heavy atom. The first-order chi connectivity index (χ1) is 18.2. The molecular weight excluding hydrogens is 462 g/mol. The standard InChI is InChI=1S/C31H29N3O3/c32-19-25-17-24(11-12-28(25)36-20-21-5-4-6-21)26-13-14-33-27-18-29(37-30(26)27)22-7-9-23(10-8-22)31(35)34-15-2-1-3-16-34/h7-14,17-18,21H,1-6,15-16,20H2. The Labute approximate surface area is 216 Å². The van der Waals surface area contributed by atoms with E-state index in [0.29, 0.717) is 40.7 Å². The van der Waals surface area contributed by atoms with Crippen molar-refractivity contribution in [2.75, 3.05) is 19.7 Å². The Morgan fingerprint density at radius 1 is 1.00 bits per heavy atom. The lowest BCUT2D eigenvalue weighted by atomic mass is 9.86. The molecular formula is C31H29N3O3. The van der Waals surface area contributed by atoms with Gasteiger partial charge in [-0.2, -0.15) is 5.26 Å². The minimum absolute atomic E-state index is 0.0909. The van der Waals surface area contributed by atoms with Crippen LogP contribution in [0.4, 0.5) is 0 Å². The second-order valence-electron chi connectivity index (χ2n) is 10.0. The third-order valence-electron chi connectivity index (χ3n) is 7.58. The summed E-state index contributed by atoms with van der Waals surface area (Å²) in [6.45, 7) is 2.33. The van der Waals surface area contributed by atoms with E-state index in [0.717, 1.165) is 48.1 Å². The van der Waals surface area contributed by atoms with Crippen LogP contribution in [0, 0.1) is 17.2 Å². The minimum Gasteiger partial charge on any atom is -0.492 e. The van der Waals surface area contributed by atoms with E-state index in [2.05, 4.69) is 11.1 Å².